The van der Waals surface area contributed by atoms with E-state index in [1.807, 2.05) is 48.8 Å². The number of benzene rings is 2. The van der Waals surface area contributed by atoms with Gasteiger partial charge in [-0.05, 0) is 37.1 Å². The minimum atomic E-state index is 0.316. The first-order valence-electron chi connectivity index (χ1n) is 12.0. The summed E-state index contributed by atoms with van der Waals surface area (Å²) in [4.78, 5) is 14.4. The van der Waals surface area contributed by atoms with Crippen molar-refractivity contribution in [3.63, 3.8) is 0 Å². The molecule has 0 saturated carbocycles. The molecule has 3 heterocycles. The minimum Gasteiger partial charge on any atom is -0.491 e. The lowest BCUT2D eigenvalue weighted by atomic mass is 10.1. The van der Waals surface area contributed by atoms with Crippen LogP contribution in [0, 0.1) is 0 Å². The molecular formula is C26H31N7O2. The molecule has 3 N–H and O–H groups in total. The van der Waals surface area contributed by atoms with Crippen LogP contribution in [-0.4, -0.2) is 52.9 Å². The van der Waals surface area contributed by atoms with Crippen molar-refractivity contribution in [1.82, 2.24) is 24.8 Å². The molecule has 0 aliphatic carbocycles. The predicted octanol–water partition coefficient (Wildman–Crippen LogP) is 4.13. The Balaban J connectivity index is 1.45. The number of anilines is 3. The Morgan fingerprint density at radius 1 is 1.09 bits per heavy atom. The van der Waals surface area contributed by atoms with Crippen LogP contribution in [0.15, 0.2) is 60.9 Å². The van der Waals surface area contributed by atoms with E-state index in [2.05, 4.69) is 32.7 Å². The Bertz CT molecular complexity index is 1240. The maximum atomic E-state index is 5.75. The van der Waals surface area contributed by atoms with Gasteiger partial charge in [0.25, 0.3) is 0 Å². The Kier molecular flexibility index (Phi) is 7.35. The molecule has 2 aromatic carbocycles. The molecule has 1 saturated heterocycles. The lowest BCUT2D eigenvalue weighted by Crippen LogP contribution is -2.31. The number of rotatable bonds is 10. The van der Waals surface area contributed by atoms with E-state index in [-0.39, 0.29) is 0 Å². The van der Waals surface area contributed by atoms with Gasteiger partial charge in [-0.25, -0.2) is 4.98 Å². The Hall–Kier alpha value is -3.69. The standard InChI is InChI=1S/C26H31N7O2/c1-34-13-14-35-22-11-5-9-20(15-22)30-26-31-24(28-16-19-7-3-2-4-8-19)23-25(32-26)33(18-29-23)21-10-6-12-27-17-21/h2-5,7-9,11,15,18,21,27H,6,10,12-14,16-17H2,1H3,(H2,28,30,31,32)/t21-/m0/s1. The van der Waals surface area contributed by atoms with Gasteiger partial charge in [0.1, 0.15) is 12.4 Å². The van der Waals surface area contributed by atoms with E-state index in [0.717, 1.165) is 48.5 Å². The SMILES string of the molecule is COCCOc1cccc(Nc2nc(NCc3ccccc3)c3ncn([C@H]4CCCNC4)c3n2)c1. The van der Waals surface area contributed by atoms with Crippen molar-refractivity contribution in [2.45, 2.75) is 25.4 Å². The van der Waals surface area contributed by atoms with Crippen LogP contribution in [0.2, 0.25) is 0 Å². The molecule has 5 rings (SSSR count). The van der Waals surface area contributed by atoms with Crippen LogP contribution >= 0.6 is 0 Å². The lowest BCUT2D eigenvalue weighted by molar-refractivity contribution is 0.146. The zero-order valence-corrected chi connectivity index (χ0v) is 19.9. The van der Waals surface area contributed by atoms with Crippen LogP contribution in [0.4, 0.5) is 17.5 Å². The molecule has 1 atom stereocenters. The number of imidazole rings is 1. The molecule has 0 bridgehead atoms. The van der Waals surface area contributed by atoms with Gasteiger partial charge in [-0.15, -0.1) is 0 Å². The third-order valence-electron chi connectivity index (χ3n) is 6.03. The summed E-state index contributed by atoms with van der Waals surface area (Å²) in [5.41, 5.74) is 3.61. The summed E-state index contributed by atoms with van der Waals surface area (Å²) in [5, 5.41) is 10.3. The summed E-state index contributed by atoms with van der Waals surface area (Å²) in [6, 6.07) is 18.3. The van der Waals surface area contributed by atoms with Gasteiger partial charge in [-0.2, -0.15) is 9.97 Å². The highest BCUT2D eigenvalue weighted by atomic mass is 16.5. The molecule has 0 amide bonds. The molecule has 0 spiro atoms. The fourth-order valence-electron chi connectivity index (χ4n) is 4.25. The second-order valence-corrected chi connectivity index (χ2v) is 8.55. The van der Waals surface area contributed by atoms with Crippen molar-refractivity contribution in [3.8, 4) is 5.75 Å². The highest BCUT2D eigenvalue weighted by Gasteiger charge is 2.21. The fraction of sp³-hybridized carbons (Fsp3) is 0.346. The summed E-state index contributed by atoms with van der Waals surface area (Å²) in [7, 11) is 1.66. The van der Waals surface area contributed by atoms with Gasteiger partial charge in [0.15, 0.2) is 17.0 Å². The lowest BCUT2D eigenvalue weighted by Gasteiger charge is -2.24. The number of piperidine rings is 1. The Labute approximate surface area is 204 Å². The zero-order chi connectivity index (χ0) is 23.9. The topological polar surface area (TPSA) is 98.2 Å². The number of nitrogens with one attached hydrogen (secondary N) is 3. The molecule has 0 radical (unpaired) electrons. The summed E-state index contributed by atoms with van der Waals surface area (Å²) in [6.07, 6.45) is 4.12. The molecule has 1 aliphatic heterocycles. The van der Waals surface area contributed by atoms with E-state index < -0.39 is 0 Å². The third kappa shape index (κ3) is 5.70. The van der Waals surface area contributed by atoms with Crippen LogP contribution in [0.1, 0.15) is 24.4 Å². The summed E-state index contributed by atoms with van der Waals surface area (Å²) in [5.74, 6) is 1.97. The maximum Gasteiger partial charge on any atom is 0.231 e. The van der Waals surface area contributed by atoms with E-state index >= 15 is 0 Å². The predicted molar refractivity (Wildman–Crippen MR) is 137 cm³/mol. The van der Waals surface area contributed by atoms with E-state index in [1.54, 1.807) is 7.11 Å². The number of fused-ring (bicyclic) bond motifs is 1. The smallest absolute Gasteiger partial charge is 0.231 e. The second-order valence-electron chi connectivity index (χ2n) is 8.55. The molecule has 9 heteroatoms. The van der Waals surface area contributed by atoms with Gasteiger partial charge in [0, 0.05) is 38.0 Å². The first-order chi connectivity index (χ1) is 17.3. The highest BCUT2D eigenvalue weighted by molar-refractivity contribution is 5.85. The molecule has 182 valence electrons. The molecule has 2 aromatic heterocycles. The van der Waals surface area contributed by atoms with Crippen molar-refractivity contribution in [2.24, 2.45) is 0 Å². The van der Waals surface area contributed by atoms with Crippen molar-refractivity contribution >= 4 is 28.6 Å². The quantitative estimate of drug-likeness (QED) is 0.296. The van der Waals surface area contributed by atoms with Gasteiger partial charge >= 0.3 is 0 Å². The maximum absolute atomic E-state index is 5.75. The number of methoxy groups -OCH3 is 1. The molecular weight excluding hydrogens is 442 g/mol. The van der Waals surface area contributed by atoms with Crippen LogP contribution < -0.4 is 20.7 Å². The highest BCUT2D eigenvalue weighted by Crippen LogP contribution is 2.28. The van der Waals surface area contributed by atoms with Gasteiger partial charge in [-0.3, -0.25) is 0 Å². The second kappa shape index (κ2) is 11.2. The summed E-state index contributed by atoms with van der Waals surface area (Å²) in [6.45, 7) is 3.63. The average Bonchev–Trinajstić information content (AvgIpc) is 3.33. The molecule has 4 aromatic rings. The Morgan fingerprint density at radius 3 is 2.83 bits per heavy atom. The van der Waals surface area contributed by atoms with E-state index in [4.69, 9.17) is 24.4 Å². The van der Waals surface area contributed by atoms with Crippen LogP contribution in [0.25, 0.3) is 11.2 Å². The van der Waals surface area contributed by atoms with E-state index in [1.165, 1.54) is 5.56 Å². The van der Waals surface area contributed by atoms with Crippen LogP contribution in [0.5, 0.6) is 5.75 Å². The molecule has 9 nitrogen and oxygen atoms in total. The first kappa shape index (κ1) is 23.1. The van der Waals surface area contributed by atoms with Crippen molar-refractivity contribution in [2.75, 3.05) is 44.0 Å². The van der Waals surface area contributed by atoms with Gasteiger partial charge in [-0.1, -0.05) is 36.4 Å². The fourth-order valence-corrected chi connectivity index (χ4v) is 4.25. The van der Waals surface area contributed by atoms with Gasteiger partial charge < -0.3 is 30.0 Å². The molecule has 1 fully saturated rings. The normalized spacial score (nSPS) is 15.7. The van der Waals surface area contributed by atoms with Gasteiger partial charge in [0.05, 0.1) is 12.9 Å². The largest absolute Gasteiger partial charge is 0.491 e. The van der Waals surface area contributed by atoms with E-state index in [9.17, 15) is 0 Å². The molecule has 35 heavy (non-hydrogen) atoms. The average molecular weight is 474 g/mol. The number of nitrogens with zero attached hydrogens (tertiary/aromatic N) is 4. The van der Waals surface area contributed by atoms with Gasteiger partial charge in [0.2, 0.25) is 5.95 Å². The molecule has 1 aliphatic rings. The number of aromatic nitrogens is 4. The summed E-state index contributed by atoms with van der Waals surface area (Å²) >= 11 is 0. The number of hydrogen-bond acceptors (Lipinski definition) is 8. The first-order valence-corrected chi connectivity index (χ1v) is 12.0. The number of hydrogen-bond donors (Lipinski definition) is 3. The zero-order valence-electron chi connectivity index (χ0n) is 19.9. The van der Waals surface area contributed by atoms with Crippen molar-refractivity contribution in [1.29, 1.82) is 0 Å². The molecule has 0 unspecified atom stereocenters. The minimum absolute atomic E-state index is 0.316. The van der Waals surface area contributed by atoms with Crippen LogP contribution in [0.3, 0.4) is 0 Å². The van der Waals surface area contributed by atoms with E-state index in [0.29, 0.717) is 37.6 Å². The van der Waals surface area contributed by atoms with Crippen molar-refractivity contribution < 1.29 is 9.47 Å². The van der Waals surface area contributed by atoms with Crippen LogP contribution in [-0.2, 0) is 11.3 Å². The Morgan fingerprint density at radius 2 is 2.00 bits per heavy atom. The number of ether oxygens (including phenoxy) is 2. The third-order valence-corrected chi connectivity index (χ3v) is 6.03. The van der Waals surface area contributed by atoms with Crippen molar-refractivity contribution in [3.05, 3.63) is 66.5 Å². The monoisotopic (exact) mass is 473 g/mol. The summed E-state index contributed by atoms with van der Waals surface area (Å²) < 4.78 is 13.0.